The van der Waals surface area contributed by atoms with Crippen LogP contribution in [0.15, 0.2) is 36.5 Å². The molecule has 0 unspecified atom stereocenters. The van der Waals surface area contributed by atoms with Crippen molar-refractivity contribution in [3.63, 3.8) is 0 Å². The predicted octanol–water partition coefficient (Wildman–Crippen LogP) is 3.93. The van der Waals surface area contributed by atoms with Crippen molar-refractivity contribution in [3.05, 3.63) is 36.5 Å². The molecule has 1 fully saturated rings. The van der Waals surface area contributed by atoms with Gasteiger partial charge in [0.25, 0.3) is 0 Å². The summed E-state index contributed by atoms with van der Waals surface area (Å²) in [6.45, 7) is 1.06. The lowest BCUT2D eigenvalue weighted by molar-refractivity contribution is 0.380. The minimum Gasteiger partial charge on any atom is -0.383 e. The minimum atomic E-state index is 0.463. The van der Waals surface area contributed by atoms with E-state index < -0.39 is 0 Å². The van der Waals surface area contributed by atoms with Crippen LogP contribution < -0.4 is 5.32 Å². The van der Waals surface area contributed by atoms with Gasteiger partial charge in [0.1, 0.15) is 0 Å². The zero-order valence-corrected chi connectivity index (χ0v) is 11.5. The first-order valence-corrected chi connectivity index (χ1v) is 7.68. The molecule has 0 amide bonds. The van der Waals surface area contributed by atoms with Crippen molar-refractivity contribution in [2.75, 3.05) is 18.1 Å². The largest absolute Gasteiger partial charge is 0.383 e. The highest BCUT2D eigenvalue weighted by atomic mass is 32.2. The molecule has 94 valence electrons. The summed E-state index contributed by atoms with van der Waals surface area (Å²) in [5, 5.41) is 4.84. The Balaban J connectivity index is 1.82. The van der Waals surface area contributed by atoms with E-state index in [0.717, 1.165) is 12.1 Å². The third kappa shape index (κ3) is 2.07. The molecule has 0 spiro atoms. The average molecular weight is 258 g/mol. The summed E-state index contributed by atoms with van der Waals surface area (Å²) < 4.78 is 0.463. The van der Waals surface area contributed by atoms with E-state index in [1.165, 1.54) is 30.3 Å². The van der Waals surface area contributed by atoms with Crippen LogP contribution in [0, 0.1) is 0 Å². The Morgan fingerprint density at radius 3 is 2.83 bits per heavy atom. The molecule has 1 aliphatic rings. The Hall–Kier alpha value is -1.22. The summed E-state index contributed by atoms with van der Waals surface area (Å²) in [5.41, 5.74) is 2.27. The van der Waals surface area contributed by atoms with Crippen molar-refractivity contribution < 1.29 is 0 Å². The summed E-state index contributed by atoms with van der Waals surface area (Å²) in [5.74, 6) is 0. The van der Waals surface area contributed by atoms with Gasteiger partial charge in [-0.3, -0.25) is 4.98 Å². The van der Waals surface area contributed by atoms with Crippen LogP contribution in [0.4, 0.5) is 5.69 Å². The molecule has 3 rings (SSSR count). The first kappa shape index (κ1) is 11.8. The molecular formula is C15H18N2S. The van der Waals surface area contributed by atoms with E-state index in [2.05, 4.69) is 40.8 Å². The molecule has 1 aliphatic carbocycles. The number of aromatic nitrogens is 1. The second kappa shape index (κ2) is 4.81. The van der Waals surface area contributed by atoms with Crippen molar-refractivity contribution in [1.29, 1.82) is 0 Å². The lowest BCUT2D eigenvalue weighted by Crippen LogP contribution is -2.40. The number of rotatable bonds is 4. The fourth-order valence-corrected chi connectivity index (χ4v) is 3.44. The smallest absolute Gasteiger partial charge is 0.0722 e. The Morgan fingerprint density at radius 2 is 2.11 bits per heavy atom. The molecule has 3 heteroatoms. The Kier molecular flexibility index (Phi) is 3.16. The standard InChI is InChI=1S/C15H18N2S/c1-18-15(8-4-9-15)11-17-14-7-10-16-13-6-3-2-5-12(13)14/h2-3,5-7,10H,4,8-9,11H2,1H3,(H,16,17). The normalized spacial score (nSPS) is 17.4. The number of benzene rings is 1. The van der Waals surface area contributed by atoms with Gasteiger partial charge in [0.2, 0.25) is 0 Å². The Labute approximate surface area is 112 Å². The van der Waals surface area contributed by atoms with Crippen LogP contribution >= 0.6 is 11.8 Å². The number of para-hydroxylation sites is 1. The van der Waals surface area contributed by atoms with Crippen molar-refractivity contribution in [1.82, 2.24) is 4.98 Å². The molecule has 0 aliphatic heterocycles. The molecule has 0 atom stereocenters. The molecule has 0 radical (unpaired) electrons. The number of anilines is 1. The topological polar surface area (TPSA) is 24.9 Å². The van der Waals surface area contributed by atoms with Gasteiger partial charge in [-0.1, -0.05) is 24.6 Å². The van der Waals surface area contributed by atoms with Crippen molar-refractivity contribution in [2.45, 2.75) is 24.0 Å². The predicted molar refractivity (Wildman–Crippen MR) is 80.3 cm³/mol. The number of hydrogen-bond acceptors (Lipinski definition) is 3. The summed E-state index contributed by atoms with van der Waals surface area (Å²) >= 11 is 2.01. The minimum absolute atomic E-state index is 0.463. The number of thioether (sulfide) groups is 1. The van der Waals surface area contributed by atoms with E-state index in [1.54, 1.807) is 0 Å². The van der Waals surface area contributed by atoms with E-state index in [0.29, 0.717) is 4.75 Å². The molecule has 2 aromatic rings. The highest BCUT2D eigenvalue weighted by Crippen LogP contribution is 2.42. The summed E-state index contributed by atoms with van der Waals surface area (Å²) in [7, 11) is 0. The van der Waals surface area contributed by atoms with Gasteiger partial charge in [0.15, 0.2) is 0 Å². The third-order valence-corrected chi connectivity index (χ3v) is 5.37. The van der Waals surface area contributed by atoms with Gasteiger partial charge in [0, 0.05) is 28.6 Å². The first-order valence-electron chi connectivity index (χ1n) is 6.46. The van der Waals surface area contributed by atoms with Gasteiger partial charge in [0.05, 0.1) is 5.52 Å². The summed E-state index contributed by atoms with van der Waals surface area (Å²) in [6.07, 6.45) is 8.16. The fraction of sp³-hybridized carbons (Fsp3) is 0.400. The number of nitrogens with zero attached hydrogens (tertiary/aromatic N) is 1. The highest BCUT2D eigenvalue weighted by Gasteiger charge is 2.35. The van der Waals surface area contributed by atoms with Crippen LogP contribution in [0.5, 0.6) is 0 Å². The number of pyridine rings is 1. The number of nitrogens with one attached hydrogen (secondary N) is 1. The van der Waals surface area contributed by atoms with E-state index in [-0.39, 0.29) is 0 Å². The van der Waals surface area contributed by atoms with Crippen LogP contribution in [0.3, 0.4) is 0 Å². The van der Waals surface area contributed by atoms with Crippen LogP contribution in [0.2, 0.25) is 0 Å². The monoisotopic (exact) mass is 258 g/mol. The van der Waals surface area contributed by atoms with Crippen LogP contribution in [0.25, 0.3) is 10.9 Å². The van der Waals surface area contributed by atoms with E-state index in [4.69, 9.17) is 0 Å². The average Bonchev–Trinajstić information content (AvgIpc) is 2.38. The number of fused-ring (bicyclic) bond motifs is 1. The van der Waals surface area contributed by atoms with E-state index in [9.17, 15) is 0 Å². The zero-order valence-electron chi connectivity index (χ0n) is 10.6. The molecule has 1 heterocycles. The van der Waals surface area contributed by atoms with Crippen LogP contribution in [0.1, 0.15) is 19.3 Å². The van der Waals surface area contributed by atoms with Crippen LogP contribution in [-0.2, 0) is 0 Å². The first-order chi connectivity index (χ1) is 8.83. The molecular weight excluding hydrogens is 240 g/mol. The summed E-state index contributed by atoms with van der Waals surface area (Å²) in [4.78, 5) is 4.40. The van der Waals surface area contributed by atoms with Gasteiger partial charge in [-0.15, -0.1) is 0 Å². The maximum absolute atomic E-state index is 4.40. The van der Waals surface area contributed by atoms with Gasteiger partial charge >= 0.3 is 0 Å². The Morgan fingerprint density at radius 1 is 1.28 bits per heavy atom. The summed E-state index contributed by atoms with van der Waals surface area (Å²) in [6, 6.07) is 10.4. The van der Waals surface area contributed by atoms with Crippen molar-refractivity contribution >= 4 is 28.4 Å². The lowest BCUT2D eigenvalue weighted by atomic mass is 9.84. The Bertz CT molecular complexity index is 538. The van der Waals surface area contributed by atoms with Gasteiger partial charge in [-0.25, -0.2) is 0 Å². The van der Waals surface area contributed by atoms with Crippen molar-refractivity contribution in [2.24, 2.45) is 0 Å². The maximum Gasteiger partial charge on any atom is 0.0722 e. The lowest BCUT2D eigenvalue weighted by Gasteiger charge is -2.40. The zero-order chi connectivity index (χ0) is 12.4. The third-order valence-electron chi connectivity index (χ3n) is 3.95. The molecule has 1 saturated carbocycles. The van der Waals surface area contributed by atoms with E-state index >= 15 is 0 Å². The van der Waals surface area contributed by atoms with Gasteiger partial charge in [-0.2, -0.15) is 11.8 Å². The maximum atomic E-state index is 4.40. The highest BCUT2D eigenvalue weighted by molar-refractivity contribution is 8.00. The van der Waals surface area contributed by atoms with Gasteiger partial charge in [-0.05, 0) is 31.2 Å². The molecule has 18 heavy (non-hydrogen) atoms. The second-order valence-electron chi connectivity index (χ2n) is 4.97. The molecule has 1 aromatic heterocycles. The molecule has 1 aromatic carbocycles. The SMILES string of the molecule is CSC1(CNc2ccnc3ccccc23)CCC1. The number of hydrogen-bond donors (Lipinski definition) is 1. The van der Waals surface area contributed by atoms with E-state index in [1.807, 2.05) is 24.0 Å². The molecule has 0 saturated heterocycles. The molecule has 2 nitrogen and oxygen atoms in total. The van der Waals surface area contributed by atoms with Crippen LogP contribution in [-0.4, -0.2) is 22.5 Å². The molecule has 1 N–H and O–H groups in total. The quantitative estimate of drug-likeness (QED) is 0.899. The molecule has 0 bridgehead atoms. The van der Waals surface area contributed by atoms with Gasteiger partial charge < -0.3 is 5.32 Å². The fourth-order valence-electron chi connectivity index (χ4n) is 2.53. The van der Waals surface area contributed by atoms with Crippen molar-refractivity contribution in [3.8, 4) is 0 Å². The second-order valence-corrected chi connectivity index (χ2v) is 6.24.